The smallest absolute Gasteiger partial charge is 0.405 e. The van der Waals surface area contributed by atoms with Crippen molar-refractivity contribution in [3.63, 3.8) is 0 Å². The number of methoxy groups -OCH3 is 1. The maximum absolute atomic E-state index is 11.4. The summed E-state index contributed by atoms with van der Waals surface area (Å²) in [6, 6.07) is 1.71. The Morgan fingerprint density at radius 3 is 3.00 bits per heavy atom. The summed E-state index contributed by atoms with van der Waals surface area (Å²) in [7, 11) is 4.83. The third-order valence-corrected chi connectivity index (χ3v) is 2.21. The highest BCUT2D eigenvalue weighted by molar-refractivity contribution is 5.89. The maximum Gasteiger partial charge on any atom is 0.405 e. The van der Waals surface area contributed by atoms with Crippen molar-refractivity contribution in [1.82, 2.24) is 14.9 Å². The molecule has 78 valence electrons. The molecule has 0 saturated carbocycles. The Hall–Kier alpha value is -1.98. The molecule has 0 radical (unpaired) electrons. The average molecular weight is 207 g/mol. The van der Waals surface area contributed by atoms with Crippen molar-refractivity contribution >= 4 is 17.0 Å². The van der Waals surface area contributed by atoms with Crippen LogP contribution in [0.5, 0.6) is 0 Å². The van der Waals surface area contributed by atoms with Crippen LogP contribution in [0.1, 0.15) is 10.5 Å². The molecular weight excluding hydrogens is 196 g/mol. The monoisotopic (exact) mass is 207 g/mol. The van der Waals surface area contributed by atoms with E-state index in [1.807, 2.05) is 0 Å². The minimum atomic E-state index is -0.407. The van der Waals surface area contributed by atoms with E-state index < -0.39 is 5.97 Å². The van der Waals surface area contributed by atoms with Crippen molar-refractivity contribution in [3.8, 4) is 0 Å². The van der Waals surface area contributed by atoms with E-state index in [0.29, 0.717) is 5.69 Å². The van der Waals surface area contributed by atoms with Crippen LogP contribution < -0.4 is 4.68 Å². The van der Waals surface area contributed by atoms with Gasteiger partial charge in [0, 0.05) is 18.2 Å². The summed E-state index contributed by atoms with van der Waals surface area (Å²) in [6.07, 6.45) is 1.66. The van der Waals surface area contributed by atoms with Gasteiger partial charge in [-0.25, -0.2) is 9.48 Å². The van der Waals surface area contributed by atoms with Gasteiger partial charge >= 0.3 is 11.7 Å². The quantitative estimate of drug-likeness (QED) is 0.470. The molecule has 0 atom stereocenters. The lowest BCUT2D eigenvalue weighted by Gasteiger charge is -1.96. The minimum Gasteiger partial charge on any atom is -0.461 e. The minimum absolute atomic E-state index is 0.401. The van der Waals surface area contributed by atoms with Crippen molar-refractivity contribution in [3.05, 3.63) is 18.0 Å². The third kappa shape index (κ3) is 1.43. The number of rotatable bonds is 1. The van der Waals surface area contributed by atoms with Crippen LogP contribution in [-0.4, -0.2) is 28.0 Å². The van der Waals surface area contributed by atoms with E-state index in [9.17, 15) is 4.79 Å². The number of aromatic nitrogens is 4. The molecule has 2 aromatic heterocycles. The summed E-state index contributed by atoms with van der Waals surface area (Å²) in [4.78, 5) is 11.4. The zero-order valence-electron chi connectivity index (χ0n) is 8.76. The van der Waals surface area contributed by atoms with E-state index in [2.05, 4.69) is 14.9 Å². The van der Waals surface area contributed by atoms with Crippen LogP contribution in [0.25, 0.3) is 11.0 Å². The van der Waals surface area contributed by atoms with Gasteiger partial charge in [-0.3, -0.25) is 0 Å². The summed E-state index contributed by atoms with van der Waals surface area (Å²) in [5, 5.41) is 9.09. The fourth-order valence-corrected chi connectivity index (χ4v) is 1.40. The summed E-state index contributed by atoms with van der Waals surface area (Å²) in [6.45, 7) is 0. The second-order valence-corrected chi connectivity index (χ2v) is 3.19. The van der Waals surface area contributed by atoms with Gasteiger partial charge in [-0.1, -0.05) is 4.68 Å². The zero-order chi connectivity index (χ0) is 11.0. The van der Waals surface area contributed by atoms with Crippen molar-refractivity contribution < 1.29 is 14.2 Å². The summed E-state index contributed by atoms with van der Waals surface area (Å²) < 4.78 is 7.78. The molecular formula is C9H11N4O2+. The van der Waals surface area contributed by atoms with Gasteiger partial charge in [0.05, 0.1) is 18.7 Å². The molecule has 0 N–H and O–H groups in total. The average Bonchev–Trinajstić information content (AvgIpc) is 2.58. The molecule has 2 rings (SSSR count). The number of esters is 1. The fourth-order valence-electron chi connectivity index (χ4n) is 1.40. The number of ether oxygens (including phenoxy) is 1. The molecule has 0 bridgehead atoms. The first-order valence-electron chi connectivity index (χ1n) is 4.41. The topological polar surface area (TPSA) is 60.9 Å². The molecule has 6 heteroatoms. The molecule has 0 spiro atoms. The van der Waals surface area contributed by atoms with Crippen molar-refractivity contribution in [2.75, 3.05) is 7.11 Å². The predicted molar refractivity (Wildman–Crippen MR) is 51.0 cm³/mol. The third-order valence-electron chi connectivity index (χ3n) is 2.21. The Labute approximate surface area is 86.1 Å². The van der Waals surface area contributed by atoms with Crippen LogP contribution in [-0.2, 0) is 18.8 Å². The molecule has 2 heterocycles. The van der Waals surface area contributed by atoms with Crippen LogP contribution in [0.2, 0.25) is 0 Å². The van der Waals surface area contributed by atoms with Gasteiger partial charge in [0.2, 0.25) is 5.65 Å². The van der Waals surface area contributed by atoms with Gasteiger partial charge in [0.1, 0.15) is 0 Å². The van der Waals surface area contributed by atoms with Crippen molar-refractivity contribution in [2.45, 2.75) is 0 Å². The molecule has 15 heavy (non-hydrogen) atoms. The van der Waals surface area contributed by atoms with Crippen LogP contribution in [0.4, 0.5) is 0 Å². The van der Waals surface area contributed by atoms with Gasteiger partial charge in [0.15, 0.2) is 7.05 Å². The molecule has 6 nitrogen and oxygen atoms in total. The fraction of sp³-hybridized carbons (Fsp3) is 0.333. The molecule has 0 fully saturated rings. The number of hydrogen-bond donors (Lipinski definition) is 0. The van der Waals surface area contributed by atoms with Crippen LogP contribution in [0, 0.1) is 0 Å². The second kappa shape index (κ2) is 3.30. The zero-order valence-corrected chi connectivity index (χ0v) is 8.76. The van der Waals surface area contributed by atoms with Crippen LogP contribution >= 0.6 is 0 Å². The number of fused-ring (bicyclic) bond motifs is 1. The van der Waals surface area contributed by atoms with E-state index in [-0.39, 0.29) is 0 Å². The molecule has 0 unspecified atom stereocenters. The largest absolute Gasteiger partial charge is 0.461 e. The second-order valence-electron chi connectivity index (χ2n) is 3.19. The number of aryl methyl sites for hydroxylation is 2. The van der Waals surface area contributed by atoms with Crippen LogP contribution in [0.3, 0.4) is 0 Å². The Balaban J connectivity index is 2.68. The van der Waals surface area contributed by atoms with Gasteiger partial charge in [-0.2, -0.15) is 5.10 Å². The summed E-state index contributed by atoms with van der Waals surface area (Å²) in [5.41, 5.74) is 1.13. The van der Waals surface area contributed by atoms with Gasteiger partial charge in [-0.15, -0.1) is 0 Å². The summed E-state index contributed by atoms with van der Waals surface area (Å²) in [5.74, 6) is -0.407. The molecule has 0 saturated heterocycles. The van der Waals surface area contributed by atoms with Crippen molar-refractivity contribution in [2.24, 2.45) is 14.1 Å². The molecule has 0 aliphatic carbocycles. The SMILES string of the molecule is COC(=O)c1cc2cnn(C)c2n[n+]1C. The first-order valence-corrected chi connectivity index (χ1v) is 4.41. The summed E-state index contributed by atoms with van der Waals surface area (Å²) >= 11 is 0. The highest BCUT2D eigenvalue weighted by Gasteiger charge is 2.21. The van der Waals surface area contributed by atoms with Crippen molar-refractivity contribution in [1.29, 1.82) is 0 Å². The maximum atomic E-state index is 11.4. The number of hydrogen-bond acceptors (Lipinski definition) is 4. The highest BCUT2D eigenvalue weighted by Crippen LogP contribution is 2.08. The van der Waals surface area contributed by atoms with Gasteiger partial charge in [0.25, 0.3) is 0 Å². The Morgan fingerprint density at radius 2 is 2.33 bits per heavy atom. The molecule has 0 aliphatic rings. The van der Waals surface area contributed by atoms with E-state index in [0.717, 1.165) is 11.0 Å². The molecule has 0 amide bonds. The number of carbonyl (C=O) groups is 1. The van der Waals surface area contributed by atoms with E-state index in [1.54, 1.807) is 31.0 Å². The van der Waals surface area contributed by atoms with E-state index in [1.165, 1.54) is 11.8 Å². The van der Waals surface area contributed by atoms with E-state index in [4.69, 9.17) is 0 Å². The van der Waals surface area contributed by atoms with Gasteiger partial charge in [-0.05, 0) is 0 Å². The Morgan fingerprint density at radius 1 is 1.60 bits per heavy atom. The first kappa shape index (κ1) is 9.57. The number of carbonyl (C=O) groups excluding carboxylic acids is 1. The van der Waals surface area contributed by atoms with E-state index >= 15 is 0 Å². The lowest BCUT2D eigenvalue weighted by molar-refractivity contribution is -0.730. The number of nitrogens with zero attached hydrogens (tertiary/aromatic N) is 4. The first-order chi connectivity index (χ1) is 7.13. The predicted octanol–water partition coefficient (Wildman–Crippen LogP) is -0.421. The molecule has 0 aliphatic heterocycles. The standard InChI is InChI=1S/C9H11N4O2/c1-12-7(9(14)15-3)4-6-5-10-13(2)8(6)11-12/h4-5H,1-3H3/q+1. The molecule has 2 aromatic rings. The lowest BCUT2D eigenvalue weighted by Crippen LogP contribution is -2.40. The normalized spacial score (nSPS) is 10.6. The highest BCUT2D eigenvalue weighted by atomic mass is 16.5. The Kier molecular flexibility index (Phi) is 2.11. The Bertz CT molecular complexity index is 532. The van der Waals surface area contributed by atoms with Gasteiger partial charge < -0.3 is 4.74 Å². The lowest BCUT2D eigenvalue weighted by atomic mass is 10.3. The molecule has 0 aromatic carbocycles. The van der Waals surface area contributed by atoms with Crippen LogP contribution in [0.15, 0.2) is 12.3 Å².